The summed E-state index contributed by atoms with van der Waals surface area (Å²) in [6, 6.07) is 24.0. The zero-order valence-corrected chi connectivity index (χ0v) is 18.5. The molecule has 3 aromatic carbocycles. The number of piperazine rings is 1. The second-order valence-corrected chi connectivity index (χ2v) is 8.36. The lowest BCUT2D eigenvalue weighted by atomic mass is 10.0. The molecule has 1 saturated heterocycles. The van der Waals surface area contributed by atoms with Crippen LogP contribution in [0.25, 0.3) is 10.8 Å². The first kappa shape index (κ1) is 22.0. The maximum absolute atomic E-state index is 12.6. The lowest BCUT2D eigenvalue weighted by Gasteiger charge is -2.34. The van der Waals surface area contributed by atoms with E-state index in [2.05, 4.69) is 50.8 Å². The average Bonchev–Trinajstić information content (AvgIpc) is 2.80. The molecule has 0 bridgehead atoms. The predicted octanol–water partition coefficient (Wildman–Crippen LogP) is 3.27. The highest BCUT2D eigenvalue weighted by Gasteiger charge is 2.21. The molecule has 1 atom stereocenters. The summed E-state index contributed by atoms with van der Waals surface area (Å²) in [5, 5.41) is 8.42. The number of benzene rings is 3. The number of anilines is 1. The second-order valence-electron chi connectivity index (χ2n) is 8.36. The molecular weight excluding hydrogens is 400 g/mol. The number of rotatable bonds is 7. The molecule has 1 heterocycles. The van der Waals surface area contributed by atoms with E-state index in [0.717, 1.165) is 37.4 Å². The fraction of sp³-hybridized carbons (Fsp3) is 0.308. The number of fused-ring (bicyclic) bond motifs is 1. The largest absolute Gasteiger partial charge is 0.348 e. The zero-order chi connectivity index (χ0) is 22.3. The number of hydrogen-bond donors (Lipinski definition) is 2. The minimum Gasteiger partial charge on any atom is -0.348 e. The van der Waals surface area contributed by atoms with E-state index in [-0.39, 0.29) is 17.9 Å². The molecule has 1 fully saturated rings. The van der Waals surface area contributed by atoms with Crippen LogP contribution in [0.4, 0.5) is 5.69 Å². The maximum atomic E-state index is 12.6. The van der Waals surface area contributed by atoms with Crippen molar-refractivity contribution in [3.05, 3.63) is 78.4 Å². The molecule has 1 unspecified atom stereocenters. The number of amides is 2. The molecule has 0 radical (unpaired) electrons. The molecule has 4 rings (SSSR count). The highest BCUT2D eigenvalue weighted by atomic mass is 16.2. The molecule has 6 nitrogen and oxygen atoms in total. The van der Waals surface area contributed by atoms with Crippen molar-refractivity contribution in [3.8, 4) is 0 Å². The normalized spacial score (nSPS) is 15.9. The number of carbonyl (C=O) groups is 2. The summed E-state index contributed by atoms with van der Waals surface area (Å²) in [4.78, 5) is 29.1. The number of nitrogens with one attached hydrogen (secondary N) is 2. The molecule has 3 aromatic rings. The van der Waals surface area contributed by atoms with E-state index in [0.29, 0.717) is 13.1 Å². The Balaban J connectivity index is 1.20. The SMILES string of the molecule is CC(NC(=O)CN1CCN(CC(=O)Nc2ccccc2)CC1)c1ccc2ccccc2c1. The van der Waals surface area contributed by atoms with E-state index in [1.807, 2.05) is 49.4 Å². The summed E-state index contributed by atoms with van der Waals surface area (Å²) in [5.41, 5.74) is 1.92. The van der Waals surface area contributed by atoms with Gasteiger partial charge in [0.25, 0.3) is 0 Å². The average molecular weight is 431 g/mol. The van der Waals surface area contributed by atoms with Gasteiger partial charge < -0.3 is 10.6 Å². The van der Waals surface area contributed by atoms with Gasteiger partial charge in [-0.05, 0) is 41.5 Å². The molecule has 32 heavy (non-hydrogen) atoms. The van der Waals surface area contributed by atoms with Crippen molar-refractivity contribution in [2.45, 2.75) is 13.0 Å². The molecule has 166 valence electrons. The molecule has 0 spiro atoms. The second kappa shape index (κ2) is 10.4. The lowest BCUT2D eigenvalue weighted by molar-refractivity contribution is -0.124. The quantitative estimate of drug-likeness (QED) is 0.604. The van der Waals surface area contributed by atoms with Crippen LogP contribution in [0.2, 0.25) is 0 Å². The number of para-hydroxylation sites is 1. The molecule has 2 N–H and O–H groups in total. The first-order valence-electron chi connectivity index (χ1n) is 11.1. The zero-order valence-electron chi connectivity index (χ0n) is 18.5. The molecule has 6 heteroatoms. The van der Waals surface area contributed by atoms with Gasteiger partial charge in [-0.3, -0.25) is 19.4 Å². The molecule has 1 aliphatic heterocycles. The van der Waals surface area contributed by atoms with Crippen LogP contribution in [-0.4, -0.2) is 60.9 Å². The van der Waals surface area contributed by atoms with Gasteiger partial charge in [-0.2, -0.15) is 0 Å². The first-order valence-corrected chi connectivity index (χ1v) is 11.1. The van der Waals surface area contributed by atoms with Crippen molar-refractivity contribution in [1.82, 2.24) is 15.1 Å². The van der Waals surface area contributed by atoms with Gasteiger partial charge in [0, 0.05) is 31.9 Å². The van der Waals surface area contributed by atoms with Crippen LogP contribution in [0.1, 0.15) is 18.5 Å². The Kier molecular flexibility index (Phi) is 7.14. The molecule has 1 aliphatic rings. The van der Waals surface area contributed by atoms with Crippen LogP contribution in [-0.2, 0) is 9.59 Å². The number of nitrogens with zero attached hydrogens (tertiary/aromatic N) is 2. The highest BCUT2D eigenvalue weighted by Crippen LogP contribution is 2.20. The monoisotopic (exact) mass is 430 g/mol. The van der Waals surface area contributed by atoms with E-state index in [1.165, 1.54) is 10.8 Å². The predicted molar refractivity (Wildman–Crippen MR) is 128 cm³/mol. The van der Waals surface area contributed by atoms with Gasteiger partial charge in [-0.1, -0.05) is 54.6 Å². The Hall–Kier alpha value is -3.22. The summed E-state index contributed by atoms with van der Waals surface area (Å²) in [6.07, 6.45) is 0. The topological polar surface area (TPSA) is 64.7 Å². The Labute approximate surface area is 189 Å². The van der Waals surface area contributed by atoms with Gasteiger partial charge >= 0.3 is 0 Å². The van der Waals surface area contributed by atoms with Crippen LogP contribution < -0.4 is 10.6 Å². The molecule has 2 amide bonds. The van der Waals surface area contributed by atoms with Crippen molar-refractivity contribution in [3.63, 3.8) is 0 Å². The van der Waals surface area contributed by atoms with Crippen LogP contribution in [0.15, 0.2) is 72.8 Å². The smallest absolute Gasteiger partial charge is 0.238 e. The van der Waals surface area contributed by atoms with Crippen molar-refractivity contribution >= 4 is 28.3 Å². The highest BCUT2D eigenvalue weighted by molar-refractivity contribution is 5.92. The molecule has 0 aromatic heterocycles. The lowest BCUT2D eigenvalue weighted by Crippen LogP contribution is -2.51. The van der Waals surface area contributed by atoms with E-state index in [9.17, 15) is 9.59 Å². The Morgan fingerprint density at radius 2 is 1.38 bits per heavy atom. The van der Waals surface area contributed by atoms with Gasteiger partial charge in [0.1, 0.15) is 0 Å². The summed E-state index contributed by atoms with van der Waals surface area (Å²) in [7, 11) is 0. The van der Waals surface area contributed by atoms with Gasteiger partial charge in [-0.25, -0.2) is 0 Å². The van der Waals surface area contributed by atoms with E-state index < -0.39 is 0 Å². The van der Waals surface area contributed by atoms with Crippen molar-refractivity contribution < 1.29 is 9.59 Å². The van der Waals surface area contributed by atoms with Crippen LogP contribution in [0.5, 0.6) is 0 Å². The Morgan fingerprint density at radius 1 is 0.781 bits per heavy atom. The van der Waals surface area contributed by atoms with Gasteiger partial charge in [-0.15, -0.1) is 0 Å². The third-order valence-corrected chi connectivity index (χ3v) is 5.91. The van der Waals surface area contributed by atoms with Gasteiger partial charge in [0.15, 0.2) is 0 Å². The van der Waals surface area contributed by atoms with Crippen molar-refractivity contribution in [2.75, 3.05) is 44.6 Å². The van der Waals surface area contributed by atoms with Crippen LogP contribution in [0, 0.1) is 0 Å². The third kappa shape index (κ3) is 5.93. The standard InChI is InChI=1S/C26H30N4O2/c1-20(22-12-11-21-7-5-6-8-23(21)17-22)27-25(31)18-29-13-15-30(16-14-29)19-26(32)28-24-9-3-2-4-10-24/h2-12,17,20H,13-16,18-19H2,1H3,(H,27,31)(H,28,32). The number of hydrogen-bond acceptors (Lipinski definition) is 4. The molecule has 0 saturated carbocycles. The van der Waals surface area contributed by atoms with Crippen LogP contribution in [0.3, 0.4) is 0 Å². The van der Waals surface area contributed by atoms with E-state index in [1.54, 1.807) is 0 Å². The summed E-state index contributed by atoms with van der Waals surface area (Å²) < 4.78 is 0. The van der Waals surface area contributed by atoms with E-state index >= 15 is 0 Å². The van der Waals surface area contributed by atoms with Crippen molar-refractivity contribution in [2.24, 2.45) is 0 Å². The summed E-state index contributed by atoms with van der Waals surface area (Å²) in [6.45, 7) is 5.86. The number of carbonyl (C=O) groups excluding carboxylic acids is 2. The maximum Gasteiger partial charge on any atom is 0.238 e. The van der Waals surface area contributed by atoms with Crippen molar-refractivity contribution in [1.29, 1.82) is 0 Å². The minimum atomic E-state index is -0.0462. The minimum absolute atomic E-state index is 0.00778. The van der Waals surface area contributed by atoms with Crippen LogP contribution >= 0.6 is 0 Å². The first-order chi connectivity index (χ1) is 15.6. The van der Waals surface area contributed by atoms with E-state index in [4.69, 9.17) is 0 Å². The Morgan fingerprint density at radius 3 is 2.06 bits per heavy atom. The summed E-state index contributed by atoms with van der Waals surface area (Å²) in [5.74, 6) is 0.0209. The summed E-state index contributed by atoms with van der Waals surface area (Å²) >= 11 is 0. The fourth-order valence-corrected chi connectivity index (χ4v) is 4.08. The van der Waals surface area contributed by atoms with Gasteiger partial charge in [0.2, 0.25) is 11.8 Å². The third-order valence-electron chi connectivity index (χ3n) is 5.91. The fourth-order valence-electron chi connectivity index (χ4n) is 4.08. The van der Waals surface area contributed by atoms with Gasteiger partial charge in [0.05, 0.1) is 19.1 Å². The molecular formula is C26H30N4O2. The Bertz CT molecular complexity index is 1060. The molecule has 0 aliphatic carbocycles.